The van der Waals surface area contributed by atoms with E-state index < -0.39 is 0 Å². The van der Waals surface area contributed by atoms with Crippen LogP contribution in [0.4, 0.5) is 0 Å². The largest absolute Gasteiger partial charge is 0.461 e. The average Bonchev–Trinajstić information content (AvgIpc) is 3.27. The number of nitrogens with zero attached hydrogens (tertiary/aromatic N) is 3. The molecule has 7 heteroatoms. The van der Waals surface area contributed by atoms with E-state index in [9.17, 15) is 4.79 Å². The molecule has 3 aromatic heterocycles. The van der Waals surface area contributed by atoms with Crippen LogP contribution >= 0.6 is 0 Å². The third kappa shape index (κ3) is 3.40. The summed E-state index contributed by atoms with van der Waals surface area (Å²) >= 11 is 0. The fourth-order valence-electron chi connectivity index (χ4n) is 2.63. The van der Waals surface area contributed by atoms with Gasteiger partial charge >= 0.3 is 0 Å². The van der Waals surface area contributed by atoms with E-state index in [2.05, 4.69) is 15.6 Å². The highest BCUT2D eigenvalue weighted by molar-refractivity contribution is 5.76. The number of hydrogen-bond acceptors (Lipinski definition) is 5. The number of rotatable bonds is 6. The van der Waals surface area contributed by atoms with Crippen molar-refractivity contribution in [3.8, 4) is 11.5 Å². The molecule has 126 valence electrons. The lowest BCUT2D eigenvalue weighted by Gasteiger charge is -2.04. The Morgan fingerprint density at radius 2 is 2.17 bits per heavy atom. The van der Waals surface area contributed by atoms with Crippen molar-refractivity contribution in [3.63, 3.8) is 0 Å². The molecule has 3 rings (SSSR count). The first-order valence-corrected chi connectivity index (χ1v) is 7.80. The molecule has 1 amide bonds. The Bertz CT molecular complexity index is 830. The summed E-state index contributed by atoms with van der Waals surface area (Å²) < 4.78 is 12.3. The van der Waals surface area contributed by atoms with Gasteiger partial charge in [-0.3, -0.25) is 9.48 Å². The highest BCUT2D eigenvalue weighted by Gasteiger charge is 2.13. The average molecular weight is 328 g/mol. The van der Waals surface area contributed by atoms with Gasteiger partial charge in [-0.25, -0.2) is 0 Å². The second kappa shape index (κ2) is 6.74. The van der Waals surface area contributed by atoms with Gasteiger partial charge in [0.1, 0.15) is 5.69 Å². The first kappa shape index (κ1) is 16.0. The molecule has 0 radical (unpaired) electrons. The molecule has 3 aromatic rings. The van der Waals surface area contributed by atoms with Crippen LogP contribution in [0.1, 0.15) is 29.1 Å². The second-order valence-corrected chi connectivity index (χ2v) is 5.71. The van der Waals surface area contributed by atoms with Gasteiger partial charge in [0, 0.05) is 25.2 Å². The molecule has 3 heterocycles. The van der Waals surface area contributed by atoms with E-state index in [1.165, 1.54) is 0 Å². The third-order valence-corrected chi connectivity index (χ3v) is 4.05. The number of amides is 1. The normalized spacial score (nSPS) is 11.0. The minimum absolute atomic E-state index is 0.0276. The van der Waals surface area contributed by atoms with Crippen LogP contribution in [-0.2, 0) is 24.8 Å². The first-order chi connectivity index (χ1) is 11.5. The summed E-state index contributed by atoms with van der Waals surface area (Å²) in [5.41, 5.74) is 3.86. The van der Waals surface area contributed by atoms with E-state index >= 15 is 0 Å². The van der Waals surface area contributed by atoms with E-state index in [0.717, 1.165) is 17.0 Å². The molecular weight excluding hydrogens is 308 g/mol. The molecule has 0 atom stereocenters. The van der Waals surface area contributed by atoms with Gasteiger partial charge in [0.25, 0.3) is 0 Å². The van der Waals surface area contributed by atoms with Crippen molar-refractivity contribution < 1.29 is 13.7 Å². The lowest BCUT2D eigenvalue weighted by molar-refractivity contribution is -0.121. The van der Waals surface area contributed by atoms with Crippen molar-refractivity contribution in [2.45, 2.75) is 33.2 Å². The third-order valence-electron chi connectivity index (χ3n) is 4.05. The highest BCUT2D eigenvalue weighted by Crippen LogP contribution is 2.20. The number of carbonyl (C=O) groups excluding carboxylic acids is 1. The zero-order valence-corrected chi connectivity index (χ0v) is 14.0. The number of carbonyl (C=O) groups is 1. The summed E-state index contributed by atoms with van der Waals surface area (Å²) in [6.45, 7) is 4.30. The van der Waals surface area contributed by atoms with Gasteiger partial charge in [0.2, 0.25) is 11.7 Å². The minimum atomic E-state index is -0.0276. The number of nitrogens with one attached hydrogen (secondary N) is 1. The molecule has 0 aliphatic heterocycles. The van der Waals surface area contributed by atoms with Crippen LogP contribution in [0.3, 0.4) is 0 Å². The second-order valence-electron chi connectivity index (χ2n) is 5.71. The van der Waals surface area contributed by atoms with Crippen LogP contribution in [0.5, 0.6) is 0 Å². The van der Waals surface area contributed by atoms with E-state index in [1.54, 1.807) is 24.5 Å². The molecule has 0 bridgehead atoms. The fourth-order valence-corrected chi connectivity index (χ4v) is 2.63. The van der Waals surface area contributed by atoms with Gasteiger partial charge in [-0.05, 0) is 38.0 Å². The summed E-state index contributed by atoms with van der Waals surface area (Å²) in [5.74, 6) is 1.13. The van der Waals surface area contributed by atoms with Crippen LogP contribution in [0.15, 0.2) is 33.4 Å². The van der Waals surface area contributed by atoms with Crippen molar-refractivity contribution in [1.29, 1.82) is 0 Å². The molecule has 0 saturated carbocycles. The molecule has 0 aliphatic carbocycles. The van der Waals surface area contributed by atoms with Crippen LogP contribution < -0.4 is 5.32 Å². The number of furan rings is 1. The van der Waals surface area contributed by atoms with Crippen molar-refractivity contribution in [3.05, 3.63) is 47.1 Å². The molecule has 0 aliphatic rings. The molecule has 0 fully saturated rings. The molecule has 0 aromatic carbocycles. The zero-order chi connectivity index (χ0) is 17.1. The Kier molecular flexibility index (Phi) is 4.50. The van der Waals surface area contributed by atoms with Crippen molar-refractivity contribution in [1.82, 2.24) is 20.3 Å². The Hall–Kier alpha value is -2.83. The Morgan fingerprint density at radius 3 is 2.83 bits per heavy atom. The predicted octanol–water partition coefficient (Wildman–Crippen LogP) is 2.53. The van der Waals surface area contributed by atoms with E-state index in [0.29, 0.717) is 36.6 Å². The number of hydrogen-bond donors (Lipinski definition) is 1. The topological polar surface area (TPSA) is 86.1 Å². The maximum Gasteiger partial charge on any atom is 0.220 e. The summed E-state index contributed by atoms with van der Waals surface area (Å²) in [4.78, 5) is 12.0. The smallest absolute Gasteiger partial charge is 0.220 e. The molecule has 7 nitrogen and oxygen atoms in total. The molecule has 0 spiro atoms. The van der Waals surface area contributed by atoms with Gasteiger partial charge in [0.05, 0.1) is 18.5 Å². The Balaban J connectivity index is 1.51. The van der Waals surface area contributed by atoms with Crippen molar-refractivity contribution in [2.75, 3.05) is 0 Å². The molecule has 1 N–H and O–H groups in total. The maximum absolute atomic E-state index is 12.0. The molecule has 0 saturated heterocycles. The minimum Gasteiger partial charge on any atom is -0.461 e. The van der Waals surface area contributed by atoms with Crippen LogP contribution in [0, 0.1) is 13.8 Å². The van der Waals surface area contributed by atoms with E-state index in [1.807, 2.05) is 25.6 Å². The van der Waals surface area contributed by atoms with E-state index in [4.69, 9.17) is 8.94 Å². The predicted molar refractivity (Wildman–Crippen MR) is 87.1 cm³/mol. The first-order valence-electron chi connectivity index (χ1n) is 7.80. The fraction of sp³-hybridized carbons (Fsp3) is 0.353. The summed E-state index contributed by atoms with van der Waals surface area (Å²) in [6.07, 6.45) is 2.66. The molecule has 0 unspecified atom stereocenters. The SMILES string of the molecule is Cc1nn(C)c(C)c1CCC(=O)NCc1cc(-c2ccco2)on1. The standard InChI is InChI=1S/C17H20N4O3/c1-11-14(12(2)21(3)19-11)6-7-17(22)18-10-13-9-16(24-20-13)15-5-4-8-23-15/h4-5,8-9H,6-7,10H2,1-3H3,(H,18,22). The summed E-state index contributed by atoms with van der Waals surface area (Å²) in [5, 5.41) is 11.1. The summed E-state index contributed by atoms with van der Waals surface area (Å²) in [7, 11) is 1.91. The quantitative estimate of drug-likeness (QED) is 0.751. The van der Waals surface area contributed by atoms with E-state index in [-0.39, 0.29) is 5.91 Å². The number of aromatic nitrogens is 3. The summed E-state index contributed by atoms with van der Waals surface area (Å²) in [6, 6.07) is 5.33. The van der Waals surface area contributed by atoms with Gasteiger partial charge in [-0.2, -0.15) is 5.10 Å². The van der Waals surface area contributed by atoms with Crippen LogP contribution in [0.25, 0.3) is 11.5 Å². The van der Waals surface area contributed by atoms with Crippen LogP contribution in [-0.4, -0.2) is 20.8 Å². The highest BCUT2D eigenvalue weighted by atomic mass is 16.5. The molecular formula is C17H20N4O3. The van der Waals surface area contributed by atoms with Gasteiger partial charge in [-0.1, -0.05) is 5.16 Å². The van der Waals surface area contributed by atoms with Crippen molar-refractivity contribution in [2.24, 2.45) is 7.05 Å². The number of aryl methyl sites for hydroxylation is 2. The monoisotopic (exact) mass is 328 g/mol. The lowest BCUT2D eigenvalue weighted by Crippen LogP contribution is -2.23. The van der Waals surface area contributed by atoms with Gasteiger partial charge in [-0.15, -0.1) is 0 Å². The molecule has 24 heavy (non-hydrogen) atoms. The maximum atomic E-state index is 12.0. The van der Waals surface area contributed by atoms with Crippen LogP contribution in [0.2, 0.25) is 0 Å². The van der Waals surface area contributed by atoms with Crippen molar-refractivity contribution >= 4 is 5.91 Å². The lowest BCUT2D eigenvalue weighted by atomic mass is 10.1. The van der Waals surface area contributed by atoms with Gasteiger partial charge < -0.3 is 14.3 Å². The van der Waals surface area contributed by atoms with Gasteiger partial charge in [0.15, 0.2) is 5.76 Å². The zero-order valence-electron chi connectivity index (χ0n) is 14.0. The Labute approximate surface area is 139 Å². The Morgan fingerprint density at radius 1 is 1.33 bits per heavy atom.